The molecule has 0 fully saturated rings. The van der Waals surface area contributed by atoms with Crippen LogP contribution in [0.4, 0.5) is 10.3 Å². The van der Waals surface area contributed by atoms with Gasteiger partial charge in [0.15, 0.2) is 0 Å². The number of allylic oxidation sites excluding steroid dienone is 1. The van der Waals surface area contributed by atoms with Gasteiger partial charge in [-0.15, -0.1) is 0 Å². The van der Waals surface area contributed by atoms with E-state index in [1.54, 1.807) is 16.8 Å². The Morgan fingerprint density at radius 2 is 1.89 bits per heavy atom. The predicted octanol–water partition coefficient (Wildman–Crippen LogP) is 4.61. The molecule has 0 radical (unpaired) electrons. The summed E-state index contributed by atoms with van der Waals surface area (Å²) in [5, 5.41) is 7.35. The number of ether oxygens (including phenoxy) is 1. The van der Waals surface area contributed by atoms with Crippen molar-refractivity contribution in [1.29, 1.82) is 0 Å². The van der Waals surface area contributed by atoms with E-state index in [0.29, 0.717) is 23.8 Å². The Balaban J connectivity index is 1.72. The lowest BCUT2D eigenvalue weighted by Gasteiger charge is -2.28. The van der Waals surface area contributed by atoms with Crippen LogP contribution >= 0.6 is 0 Å². The fourth-order valence-electron chi connectivity index (χ4n) is 3.43. The fraction of sp³-hybridized carbons (Fsp3) is 0.476. The van der Waals surface area contributed by atoms with Crippen LogP contribution in [-0.2, 0) is 9.53 Å². The van der Waals surface area contributed by atoms with E-state index < -0.39 is 6.04 Å². The van der Waals surface area contributed by atoms with E-state index in [9.17, 15) is 9.18 Å². The lowest BCUT2D eigenvalue weighted by Crippen LogP contribution is -2.29. The molecule has 6 nitrogen and oxygen atoms in total. The standard InChI is InChI=1S/C21H27FN4O2/c1-3-4-5-6-7-8-13-28-20(27)18-15(2)25-21-23-14-24-26(21)19(18)16-9-11-17(22)12-10-16/h9-12,14,19H,3-8,13H2,1-2H3,(H,23,24,25)/t19-/m1/s1. The number of fused-ring (bicyclic) bond motifs is 1. The highest BCUT2D eigenvalue weighted by Crippen LogP contribution is 2.35. The Labute approximate surface area is 164 Å². The highest BCUT2D eigenvalue weighted by molar-refractivity contribution is 5.92. The van der Waals surface area contributed by atoms with Crippen molar-refractivity contribution in [3.63, 3.8) is 0 Å². The van der Waals surface area contributed by atoms with E-state index in [-0.39, 0.29) is 11.8 Å². The highest BCUT2D eigenvalue weighted by Gasteiger charge is 2.34. The van der Waals surface area contributed by atoms with Crippen LogP contribution in [-0.4, -0.2) is 27.3 Å². The Morgan fingerprint density at radius 1 is 1.18 bits per heavy atom. The molecule has 1 atom stereocenters. The van der Waals surface area contributed by atoms with Gasteiger partial charge in [0, 0.05) is 5.70 Å². The molecule has 1 aromatic carbocycles. The number of nitrogens with zero attached hydrogens (tertiary/aromatic N) is 3. The van der Waals surface area contributed by atoms with Crippen molar-refractivity contribution in [3.05, 3.63) is 53.2 Å². The predicted molar refractivity (Wildman–Crippen MR) is 105 cm³/mol. The van der Waals surface area contributed by atoms with Gasteiger partial charge in [0.2, 0.25) is 5.95 Å². The number of unbranched alkanes of at least 4 members (excludes halogenated alkanes) is 5. The summed E-state index contributed by atoms with van der Waals surface area (Å²) in [6, 6.07) is 5.57. The Hall–Kier alpha value is -2.70. The van der Waals surface area contributed by atoms with Crippen molar-refractivity contribution >= 4 is 11.9 Å². The van der Waals surface area contributed by atoms with E-state index in [2.05, 4.69) is 22.3 Å². The summed E-state index contributed by atoms with van der Waals surface area (Å²) in [6.07, 6.45) is 8.18. The average molecular weight is 386 g/mol. The molecule has 0 aliphatic carbocycles. The van der Waals surface area contributed by atoms with Gasteiger partial charge in [-0.3, -0.25) is 0 Å². The van der Waals surface area contributed by atoms with Gasteiger partial charge in [-0.1, -0.05) is 51.2 Å². The van der Waals surface area contributed by atoms with Crippen LogP contribution in [0.15, 0.2) is 41.9 Å². The second-order valence-corrected chi connectivity index (χ2v) is 7.05. The number of rotatable bonds is 9. The molecule has 3 rings (SSSR count). The third-order valence-electron chi connectivity index (χ3n) is 4.93. The van der Waals surface area contributed by atoms with E-state index in [1.165, 1.54) is 37.7 Å². The van der Waals surface area contributed by atoms with Gasteiger partial charge in [0.1, 0.15) is 18.2 Å². The number of aromatic nitrogens is 3. The van der Waals surface area contributed by atoms with Gasteiger partial charge in [0.05, 0.1) is 12.2 Å². The molecular weight excluding hydrogens is 359 g/mol. The normalized spacial score (nSPS) is 15.9. The zero-order chi connectivity index (χ0) is 19.9. The van der Waals surface area contributed by atoms with Gasteiger partial charge in [-0.2, -0.15) is 10.1 Å². The van der Waals surface area contributed by atoms with E-state index >= 15 is 0 Å². The molecule has 0 saturated heterocycles. The maximum absolute atomic E-state index is 13.4. The lowest BCUT2D eigenvalue weighted by molar-refractivity contribution is -0.139. The van der Waals surface area contributed by atoms with E-state index in [1.807, 2.05) is 6.92 Å². The first-order chi connectivity index (χ1) is 13.6. The first-order valence-electron chi connectivity index (χ1n) is 9.91. The van der Waals surface area contributed by atoms with Crippen molar-refractivity contribution in [2.45, 2.75) is 58.4 Å². The molecule has 2 heterocycles. The molecule has 0 spiro atoms. The summed E-state index contributed by atoms with van der Waals surface area (Å²) >= 11 is 0. The molecule has 1 N–H and O–H groups in total. The number of anilines is 1. The van der Waals surface area contributed by atoms with Crippen molar-refractivity contribution < 1.29 is 13.9 Å². The Bertz CT molecular complexity index is 829. The van der Waals surface area contributed by atoms with Crippen molar-refractivity contribution in [2.24, 2.45) is 0 Å². The van der Waals surface area contributed by atoms with Crippen molar-refractivity contribution in [1.82, 2.24) is 14.8 Å². The molecule has 0 amide bonds. The van der Waals surface area contributed by atoms with Gasteiger partial charge >= 0.3 is 5.97 Å². The van der Waals surface area contributed by atoms with Gasteiger partial charge in [-0.25, -0.2) is 13.9 Å². The zero-order valence-corrected chi connectivity index (χ0v) is 16.4. The number of halogens is 1. The van der Waals surface area contributed by atoms with Gasteiger partial charge in [-0.05, 0) is 31.0 Å². The Morgan fingerprint density at radius 3 is 2.64 bits per heavy atom. The molecule has 2 aromatic rings. The minimum atomic E-state index is -0.503. The number of carbonyl (C=O) groups excluding carboxylic acids is 1. The number of benzene rings is 1. The summed E-state index contributed by atoms with van der Waals surface area (Å²) in [5.74, 6) is -0.169. The maximum Gasteiger partial charge on any atom is 0.338 e. The molecule has 150 valence electrons. The molecule has 1 aliphatic heterocycles. The number of nitrogens with one attached hydrogen (secondary N) is 1. The van der Waals surface area contributed by atoms with E-state index in [4.69, 9.17) is 4.74 Å². The summed E-state index contributed by atoms with van der Waals surface area (Å²) in [4.78, 5) is 17.1. The second kappa shape index (κ2) is 9.48. The van der Waals surface area contributed by atoms with Crippen LogP contribution in [0.3, 0.4) is 0 Å². The molecule has 28 heavy (non-hydrogen) atoms. The largest absolute Gasteiger partial charge is 0.462 e. The van der Waals surface area contributed by atoms with Crippen LogP contribution in [0.2, 0.25) is 0 Å². The third-order valence-corrected chi connectivity index (χ3v) is 4.93. The summed E-state index contributed by atoms with van der Waals surface area (Å²) in [5.41, 5.74) is 1.89. The summed E-state index contributed by atoms with van der Waals surface area (Å²) < 4.78 is 20.6. The topological polar surface area (TPSA) is 69.0 Å². The van der Waals surface area contributed by atoms with Crippen LogP contribution in [0.5, 0.6) is 0 Å². The van der Waals surface area contributed by atoms with Crippen molar-refractivity contribution in [3.8, 4) is 0 Å². The van der Waals surface area contributed by atoms with Gasteiger partial charge in [0.25, 0.3) is 0 Å². The lowest BCUT2D eigenvalue weighted by atomic mass is 9.96. The minimum Gasteiger partial charge on any atom is -0.462 e. The zero-order valence-electron chi connectivity index (χ0n) is 16.4. The fourth-order valence-corrected chi connectivity index (χ4v) is 3.43. The van der Waals surface area contributed by atoms with E-state index in [0.717, 1.165) is 24.8 Å². The molecule has 0 unspecified atom stereocenters. The highest BCUT2D eigenvalue weighted by atomic mass is 19.1. The molecule has 7 heteroatoms. The average Bonchev–Trinajstić information content (AvgIpc) is 3.14. The SMILES string of the molecule is CCCCCCCCOC(=O)C1=C(C)Nc2ncnn2[C@@H]1c1ccc(F)cc1. The van der Waals surface area contributed by atoms with Crippen LogP contribution < -0.4 is 5.32 Å². The number of carbonyl (C=O) groups is 1. The smallest absolute Gasteiger partial charge is 0.338 e. The van der Waals surface area contributed by atoms with Crippen LogP contribution in [0.1, 0.15) is 64.0 Å². The van der Waals surface area contributed by atoms with Crippen LogP contribution in [0.25, 0.3) is 0 Å². The quantitative estimate of drug-likeness (QED) is 0.503. The minimum absolute atomic E-state index is 0.329. The second-order valence-electron chi connectivity index (χ2n) is 7.05. The Kier molecular flexibility index (Phi) is 6.79. The molecule has 0 saturated carbocycles. The van der Waals surface area contributed by atoms with Crippen LogP contribution in [0, 0.1) is 5.82 Å². The monoisotopic (exact) mass is 386 g/mol. The van der Waals surface area contributed by atoms with Crippen molar-refractivity contribution in [2.75, 3.05) is 11.9 Å². The number of hydrogen-bond donors (Lipinski definition) is 1. The number of hydrogen-bond acceptors (Lipinski definition) is 5. The first-order valence-corrected chi connectivity index (χ1v) is 9.91. The summed E-state index contributed by atoms with van der Waals surface area (Å²) in [7, 11) is 0. The molecular formula is C21H27FN4O2. The summed E-state index contributed by atoms with van der Waals surface area (Å²) in [6.45, 7) is 4.40. The maximum atomic E-state index is 13.4. The number of esters is 1. The molecule has 1 aromatic heterocycles. The molecule has 0 bridgehead atoms. The molecule has 1 aliphatic rings. The van der Waals surface area contributed by atoms with Gasteiger partial charge < -0.3 is 10.1 Å². The third kappa shape index (κ3) is 4.58. The first kappa shape index (κ1) is 20.0.